The highest BCUT2D eigenvalue weighted by Gasteiger charge is 2.11. The Labute approximate surface area is 158 Å². The molecule has 0 fully saturated rings. The number of ether oxygens (including phenoxy) is 2. The first-order valence-electron chi connectivity index (χ1n) is 8.49. The van der Waals surface area contributed by atoms with Crippen LogP contribution in [0.5, 0.6) is 17.2 Å². The maximum absolute atomic E-state index is 11.7. The fourth-order valence-electron chi connectivity index (χ4n) is 2.58. The van der Waals surface area contributed by atoms with Crippen LogP contribution in [0.25, 0.3) is 11.6 Å². The summed E-state index contributed by atoms with van der Waals surface area (Å²) >= 11 is 0. The SMILES string of the molecule is COc1ccc(/C(=C/c2ccc(Oc3ccc(C)cc3)cc2)C(=O)O)cc1. The lowest BCUT2D eigenvalue weighted by Crippen LogP contribution is -1.99. The summed E-state index contributed by atoms with van der Waals surface area (Å²) in [5.41, 5.74) is 2.77. The van der Waals surface area contributed by atoms with Gasteiger partial charge in [0.1, 0.15) is 17.2 Å². The second-order valence-electron chi connectivity index (χ2n) is 6.08. The van der Waals surface area contributed by atoms with E-state index in [0.29, 0.717) is 17.1 Å². The first kappa shape index (κ1) is 18.3. The Balaban J connectivity index is 1.81. The predicted octanol–water partition coefficient (Wildman–Crippen LogP) is 5.42. The maximum Gasteiger partial charge on any atom is 0.336 e. The van der Waals surface area contributed by atoms with Gasteiger partial charge in [0.15, 0.2) is 0 Å². The van der Waals surface area contributed by atoms with Gasteiger partial charge in [0.25, 0.3) is 0 Å². The molecule has 0 atom stereocenters. The third-order valence-electron chi connectivity index (χ3n) is 4.08. The monoisotopic (exact) mass is 360 g/mol. The van der Waals surface area contributed by atoms with E-state index in [4.69, 9.17) is 9.47 Å². The van der Waals surface area contributed by atoms with Crippen molar-refractivity contribution in [1.82, 2.24) is 0 Å². The molecule has 0 amide bonds. The fourth-order valence-corrected chi connectivity index (χ4v) is 2.58. The van der Waals surface area contributed by atoms with Crippen LogP contribution < -0.4 is 9.47 Å². The predicted molar refractivity (Wildman–Crippen MR) is 106 cm³/mol. The van der Waals surface area contributed by atoms with Gasteiger partial charge in [0.05, 0.1) is 12.7 Å². The summed E-state index contributed by atoms with van der Waals surface area (Å²) in [7, 11) is 1.57. The molecule has 0 bridgehead atoms. The molecule has 3 rings (SSSR count). The van der Waals surface area contributed by atoms with Gasteiger partial charge in [-0.25, -0.2) is 4.79 Å². The molecule has 0 aliphatic heterocycles. The minimum atomic E-state index is -0.986. The highest BCUT2D eigenvalue weighted by Crippen LogP contribution is 2.25. The summed E-state index contributed by atoms with van der Waals surface area (Å²) in [4.78, 5) is 11.7. The summed E-state index contributed by atoms with van der Waals surface area (Å²) in [6, 6.07) is 22.0. The number of aryl methyl sites for hydroxylation is 1. The topological polar surface area (TPSA) is 55.8 Å². The van der Waals surface area contributed by atoms with Crippen LogP contribution in [0.2, 0.25) is 0 Å². The normalized spacial score (nSPS) is 11.1. The molecule has 0 spiro atoms. The number of rotatable bonds is 6. The van der Waals surface area contributed by atoms with Gasteiger partial charge in [-0.1, -0.05) is 42.0 Å². The molecule has 3 aromatic rings. The van der Waals surface area contributed by atoms with E-state index >= 15 is 0 Å². The maximum atomic E-state index is 11.7. The molecule has 0 saturated heterocycles. The average Bonchev–Trinajstić information content (AvgIpc) is 2.69. The summed E-state index contributed by atoms with van der Waals surface area (Å²) in [6.07, 6.45) is 1.64. The number of carboxylic acid groups (broad SMARTS) is 1. The van der Waals surface area contributed by atoms with Crippen LogP contribution in [-0.2, 0) is 4.79 Å². The van der Waals surface area contributed by atoms with Crippen LogP contribution in [0.4, 0.5) is 0 Å². The van der Waals surface area contributed by atoms with E-state index in [2.05, 4.69) is 0 Å². The van der Waals surface area contributed by atoms with Gasteiger partial charge < -0.3 is 14.6 Å². The molecule has 0 saturated carbocycles. The van der Waals surface area contributed by atoms with Crippen LogP contribution in [0.1, 0.15) is 16.7 Å². The van der Waals surface area contributed by atoms with Crippen molar-refractivity contribution in [3.05, 3.63) is 89.5 Å². The van der Waals surface area contributed by atoms with Gasteiger partial charge in [0, 0.05) is 0 Å². The molecule has 4 heteroatoms. The quantitative estimate of drug-likeness (QED) is 0.471. The van der Waals surface area contributed by atoms with Crippen molar-refractivity contribution in [2.75, 3.05) is 7.11 Å². The Morgan fingerprint density at radius 2 is 1.33 bits per heavy atom. The molecule has 0 heterocycles. The van der Waals surface area contributed by atoms with Crippen molar-refractivity contribution in [3.63, 3.8) is 0 Å². The summed E-state index contributed by atoms with van der Waals surface area (Å²) in [6.45, 7) is 2.02. The largest absolute Gasteiger partial charge is 0.497 e. The number of hydrogen-bond donors (Lipinski definition) is 1. The van der Waals surface area contributed by atoms with E-state index in [1.807, 2.05) is 55.5 Å². The van der Waals surface area contributed by atoms with E-state index < -0.39 is 5.97 Å². The molecule has 136 valence electrons. The number of carboxylic acids is 1. The van der Waals surface area contributed by atoms with Gasteiger partial charge in [-0.3, -0.25) is 0 Å². The van der Waals surface area contributed by atoms with Crippen molar-refractivity contribution >= 4 is 17.6 Å². The zero-order chi connectivity index (χ0) is 19.2. The number of carbonyl (C=O) groups is 1. The molecule has 1 N–H and O–H groups in total. The molecule has 0 radical (unpaired) electrons. The third kappa shape index (κ3) is 4.76. The number of benzene rings is 3. The molecule has 0 aromatic heterocycles. The summed E-state index contributed by atoms with van der Waals surface area (Å²) < 4.78 is 10.9. The van der Waals surface area contributed by atoms with E-state index in [0.717, 1.165) is 11.3 Å². The number of aliphatic carboxylic acids is 1. The van der Waals surface area contributed by atoms with Crippen molar-refractivity contribution in [3.8, 4) is 17.2 Å². The number of methoxy groups -OCH3 is 1. The second kappa shape index (κ2) is 8.23. The van der Waals surface area contributed by atoms with E-state index in [9.17, 15) is 9.90 Å². The first-order chi connectivity index (χ1) is 13.0. The minimum Gasteiger partial charge on any atom is -0.497 e. The first-order valence-corrected chi connectivity index (χ1v) is 8.49. The molecular formula is C23H20O4. The Morgan fingerprint density at radius 3 is 1.85 bits per heavy atom. The zero-order valence-corrected chi connectivity index (χ0v) is 15.2. The Hall–Kier alpha value is -3.53. The molecule has 0 unspecified atom stereocenters. The van der Waals surface area contributed by atoms with Crippen LogP contribution >= 0.6 is 0 Å². The van der Waals surface area contributed by atoms with Crippen LogP contribution in [0.3, 0.4) is 0 Å². The lowest BCUT2D eigenvalue weighted by Gasteiger charge is -2.07. The van der Waals surface area contributed by atoms with Crippen LogP contribution in [0, 0.1) is 6.92 Å². The van der Waals surface area contributed by atoms with Crippen LogP contribution in [-0.4, -0.2) is 18.2 Å². The second-order valence-corrected chi connectivity index (χ2v) is 6.08. The van der Waals surface area contributed by atoms with Gasteiger partial charge in [-0.2, -0.15) is 0 Å². The van der Waals surface area contributed by atoms with Crippen molar-refractivity contribution in [2.24, 2.45) is 0 Å². The Morgan fingerprint density at radius 1 is 0.815 bits per heavy atom. The number of hydrogen-bond acceptors (Lipinski definition) is 3. The van der Waals surface area contributed by atoms with Crippen molar-refractivity contribution in [1.29, 1.82) is 0 Å². The zero-order valence-electron chi connectivity index (χ0n) is 15.2. The molecular weight excluding hydrogens is 340 g/mol. The standard InChI is InChI=1S/C23H20O4/c1-16-3-9-20(10-4-16)27-21-11-5-17(6-12-21)15-22(23(24)25)18-7-13-19(26-2)14-8-18/h3-15H,1-2H3,(H,24,25)/b22-15-. The summed E-state index contributed by atoms with van der Waals surface area (Å²) in [5.74, 6) is 1.15. The molecule has 27 heavy (non-hydrogen) atoms. The molecule has 4 nitrogen and oxygen atoms in total. The lowest BCUT2D eigenvalue weighted by molar-refractivity contribution is -0.130. The van der Waals surface area contributed by atoms with Gasteiger partial charge in [-0.15, -0.1) is 0 Å². The van der Waals surface area contributed by atoms with Gasteiger partial charge in [-0.05, 0) is 60.5 Å². The highest BCUT2D eigenvalue weighted by atomic mass is 16.5. The highest BCUT2D eigenvalue weighted by molar-refractivity contribution is 6.20. The fraction of sp³-hybridized carbons (Fsp3) is 0.0870. The molecule has 3 aromatic carbocycles. The molecule has 0 aliphatic rings. The Kier molecular flexibility index (Phi) is 5.57. The van der Waals surface area contributed by atoms with Crippen molar-refractivity contribution < 1.29 is 19.4 Å². The Bertz CT molecular complexity index is 937. The smallest absolute Gasteiger partial charge is 0.336 e. The average molecular weight is 360 g/mol. The van der Waals surface area contributed by atoms with E-state index in [-0.39, 0.29) is 5.57 Å². The van der Waals surface area contributed by atoms with Gasteiger partial charge in [0.2, 0.25) is 0 Å². The van der Waals surface area contributed by atoms with E-state index in [1.54, 1.807) is 37.5 Å². The van der Waals surface area contributed by atoms with Gasteiger partial charge >= 0.3 is 5.97 Å². The minimum absolute atomic E-state index is 0.213. The van der Waals surface area contributed by atoms with Crippen LogP contribution in [0.15, 0.2) is 72.8 Å². The van der Waals surface area contributed by atoms with Crippen molar-refractivity contribution in [2.45, 2.75) is 6.92 Å². The summed E-state index contributed by atoms with van der Waals surface area (Å²) in [5, 5.41) is 9.56. The third-order valence-corrected chi connectivity index (χ3v) is 4.08. The lowest BCUT2D eigenvalue weighted by atomic mass is 10.0. The van der Waals surface area contributed by atoms with E-state index in [1.165, 1.54) is 5.56 Å². The molecule has 0 aliphatic carbocycles.